The van der Waals surface area contributed by atoms with Gasteiger partial charge < -0.3 is 15.4 Å². The Kier molecular flexibility index (Phi) is 6.62. The van der Waals surface area contributed by atoms with Gasteiger partial charge in [0.2, 0.25) is 0 Å². The number of rotatable bonds is 8. The van der Waals surface area contributed by atoms with Gasteiger partial charge in [-0.2, -0.15) is 0 Å². The molecule has 8 nitrogen and oxygen atoms in total. The summed E-state index contributed by atoms with van der Waals surface area (Å²) in [7, 11) is 0. The molecule has 0 unspecified atom stereocenters. The van der Waals surface area contributed by atoms with E-state index in [0.717, 1.165) is 12.8 Å². The average Bonchev–Trinajstić information content (AvgIpc) is 3.49. The number of hydrogen-bond donors (Lipinski definition) is 2. The Morgan fingerprint density at radius 3 is 2.41 bits per heavy atom. The number of halogens is 2. The number of para-hydroxylation sites is 1. The SMILES string of the molecule is CCNC(=O)c1ccc(-n2nnc(C(=O)NC3CC3)c2COc2c(Cl)cccc2Cl)cc1. The number of carbonyl (C=O) groups excluding carboxylic acids is 2. The molecule has 1 aromatic heterocycles. The molecule has 0 bridgehead atoms. The normalized spacial score (nSPS) is 13.0. The van der Waals surface area contributed by atoms with E-state index < -0.39 is 0 Å². The van der Waals surface area contributed by atoms with Crippen molar-refractivity contribution in [1.29, 1.82) is 0 Å². The lowest BCUT2D eigenvalue weighted by molar-refractivity contribution is 0.0939. The molecule has 4 rings (SSSR count). The third-order valence-corrected chi connectivity index (χ3v) is 5.47. The molecule has 1 aliphatic carbocycles. The molecule has 2 aromatic carbocycles. The predicted molar refractivity (Wildman–Crippen MR) is 121 cm³/mol. The summed E-state index contributed by atoms with van der Waals surface area (Å²) in [5, 5.41) is 14.6. The van der Waals surface area contributed by atoms with Gasteiger partial charge in [0.15, 0.2) is 11.4 Å². The fraction of sp³-hybridized carbons (Fsp3) is 0.273. The van der Waals surface area contributed by atoms with Gasteiger partial charge in [-0.1, -0.05) is 34.5 Å². The zero-order valence-electron chi connectivity index (χ0n) is 17.3. The zero-order chi connectivity index (χ0) is 22.7. The van der Waals surface area contributed by atoms with Crippen LogP contribution in [0.25, 0.3) is 5.69 Å². The van der Waals surface area contributed by atoms with Crippen molar-refractivity contribution in [1.82, 2.24) is 25.6 Å². The molecule has 2 amide bonds. The van der Waals surface area contributed by atoms with Crippen LogP contribution in [0.5, 0.6) is 5.75 Å². The predicted octanol–water partition coefficient (Wildman–Crippen LogP) is 3.80. The summed E-state index contributed by atoms with van der Waals surface area (Å²) < 4.78 is 7.38. The van der Waals surface area contributed by atoms with Crippen LogP contribution in [0.2, 0.25) is 10.0 Å². The van der Waals surface area contributed by atoms with Crippen molar-refractivity contribution >= 4 is 35.0 Å². The van der Waals surface area contributed by atoms with Gasteiger partial charge >= 0.3 is 0 Å². The average molecular weight is 474 g/mol. The number of amides is 2. The highest BCUT2D eigenvalue weighted by atomic mass is 35.5. The van der Waals surface area contributed by atoms with E-state index in [4.69, 9.17) is 27.9 Å². The van der Waals surface area contributed by atoms with Crippen LogP contribution in [0.1, 0.15) is 46.3 Å². The summed E-state index contributed by atoms with van der Waals surface area (Å²) in [6.07, 6.45) is 1.89. The van der Waals surface area contributed by atoms with E-state index in [1.807, 2.05) is 6.92 Å². The number of nitrogens with one attached hydrogen (secondary N) is 2. The molecular weight excluding hydrogens is 453 g/mol. The second kappa shape index (κ2) is 9.58. The number of aromatic nitrogens is 3. The van der Waals surface area contributed by atoms with E-state index in [-0.39, 0.29) is 30.2 Å². The summed E-state index contributed by atoms with van der Waals surface area (Å²) in [5.41, 5.74) is 1.74. The van der Waals surface area contributed by atoms with Crippen LogP contribution < -0.4 is 15.4 Å². The largest absolute Gasteiger partial charge is 0.484 e. The van der Waals surface area contributed by atoms with Crippen LogP contribution >= 0.6 is 23.2 Å². The van der Waals surface area contributed by atoms with E-state index in [1.165, 1.54) is 4.68 Å². The minimum Gasteiger partial charge on any atom is -0.484 e. The number of carbonyl (C=O) groups is 2. The first-order valence-corrected chi connectivity index (χ1v) is 10.9. The third kappa shape index (κ3) is 4.87. The van der Waals surface area contributed by atoms with Crippen molar-refractivity contribution < 1.29 is 14.3 Å². The van der Waals surface area contributed by atoms with Crippen molar-refractivity contribution in [2.75, 3.05) is 6.54 Å². The molecular formula is C22H21Cl2N5O3. The molecule has 0 atom stereocenters. The third-order valence-electron chi connectivity index (χ3n) is 4.87. The Balaban J connectivity index is 1.65. The molecule has 1 saturated carbocycles. The molecule has 0 aliphatic heterocycles. The van der Waals surface area contributed by atoms with Crippen LogP contribution in [0, 0.1) is 0 Å². The minimum absolute atomic E-state index is 0.0397. The topological polar surface area (TPSA) is 98.1 Å². The Morgan fingerprint density at radius 2 is 1.78 bits per heavy atom. The molecule has 166 valence electrons. The van der Waals surface area contributed by atoms with Gasteiger partial charge in [0.25, 0.3) is 11.8 Å². The summed E-state index contributed by atoms with van der Waals surface area (Å²) in [5.74, 6) is -0.177. The van der Waals surface area contributed by atoms with E-state index in [1.54, 1.807) is 42.5 Å². The van der Waals surface area contributed by atoms with E-state index >= 15 is 0 Å². The van der Waals surface area contributed by atoms with Gasteiger partial charge in [-0.15, -0.1) is 5.10 Å². The molecule has 3 aromatic rings. The standard InChI is InChI=1S/C22H21Cl2N5O3/c1-2-25-21(30)13-6-10-15(11-7-13)29-18(12-32-20-16(23)4-3-5-17(20)24)19(27-28-29)22(31)26-14-8-9-14/h3-7,10-11,14H,2,8-9,12H2,1H3,(H,25,30)(H,26,31). The molecule has 1 fully saturated rings. The number of hydrogen-bond acceptors (Lipinski definition) is 5. The zero-order valence-corrected chi connectivity index (χ0v) is 18.8. The molecule has 1 heterocycles. The number of nitrogens with zero attached hydrogens (tertiary/aromatic N) is 3. The van der Waals surface area contributed by atoms with Gasteiger partial charge in [-0.05, 0) is 56.2 Å². The monoisotopic (exact) mass is 473 g/mol. The maximum atomic E-state index is 12.7. The molecule has 0 saturated heterocycles. The van der Waals surface area contributed by atoms with Gasteiger partial charge in [-0.3, -0.25) is 9.59 Å². The maximum absolute atomic E-state index is 12.7. The molecule has 0 spiro atoms. The van der Waals surface area contributed by atoms with Crippen molar-refractivity contribution in [2.45, 2.75) is 32.4 Å². The number of ether oxygens (including phenoxy) is 1. The molecule has 2 N–H and O–H groups in total. The van der Waals surface area contributed by atoms with Gasteiger partial charge in [0, 0.05) is 18.2 Å². The van der Waals surface area contributed by atoms with Crippen LogP contribution in [-0.2, 0) is 6.61 Å². The smallest absolute Gasteiger partial charge is 0.274 e. The van der Waals surface area contributed by atoms with Crippen LogP contribution in [-0.4, -0.2) is 39.4 Å². The summed E-state index contributed by atoms with van der Waals surface area (Å²) in [6, 6.07) is 12.0. The van der Waals surface area contributed by atoms with Gasteiger partial charge in [0.1, 0.15) is 12.3 Å². The van der Waals surface area contributed by atoms with Gasteiger partial charge in [0.05, 0.1) is 15.7 Å². The van der Waals surface area contributed by atoms with Crippen molar-refractivity contribution in [3.63, 3.8) is 0 Å². The highest BCUT2D eigenvalue weighted by Crippen LogP contribution is 2.33. The van der Waals surface area contributed by atoms with E-state index in [9.17, 15) is 9.59 Å². The Hall–Kier alpha value is -3.10. The Morgan fingerprint density at radius 1 is 1.09 bits per heavy atom. The van der Waals surface area contributed by atoms with Crippen molar-refractivity contribution in [2.24, 2.45) is 0 Å². The first-order chi connectivity index (χ1) is 15.5. The number of benzene rings is 2. The highest BCUT2D eigenvalue weighted by molar-refractivity contribution is 6.37. The van der Waals surface area contributed by atoms with Crippen LogP contribution in [0.15, 0.2) is 42.5 Å². The van der Waals surface area contributed by atoms with Crippen LogP contribution in [0.4, 0.5) is 0 Å². The Bertz CT molecular complexity index is 1120. The maximum Gasteiger partial charge on any atom is 0.274 e. The second-order valence-corrected chi connectivity index (χ2v) is 8.10. The second-order valence-electron chi connectivity index (χ2n) is 7.29. The molecule has 10 heteroatoms. The van der Waals surface area contributed by atoms with Gasteiger partial charge in [-0.25, -0.2) is 4.68 Å². The first kappa shape index (κ1) is 22.1. The Labute approximate surface area is 194 Å². The summed E-state index contributed by atoms with van der Waals surface area (Å²) >= 11 is 12.4. The van der Waals surface area contributed by atoms with E-state index in [0.29, 0.717) is 39.3 Å². The fourth-order valence-electron chi connectivity index (χ4n) is 3.07. The minimum atomic E-state index is -0.318. The van der Waals surface area contributed by atoms with Crippen molar-refractivity contribution in [3.8, 4) is 11.4 Å². The lowest BCUT2D eigenvalue weighted by Gasteiger charge is -2.12. The summed E-state index contributed by atoms with van der Waals surface area (Å²) in [4.78, 5) is 24.8. The van der Waals surface area contributed by atoms with E-state index in [2.05, 4.69) is 20.9 Å². The highest BCUT2D eigenvalue weighted by Gasteiger charge is 2.28. The molecule has 1 aliphatic rings. The molecule has 0 radical (unpaired) electrons. The lowest BCUT2D eigenvalue weighted by Crippen LogP contribution is -2.27. The quantitative estimate of drug-likeness (QED) is 0.518. The summed E-state index contributed by atoms with van der Waals surface area (Å²) in [6.45, 7) is 2.35. The molecule has 32 heavy (non-hydrogen) atoms. The lowest BCUT2D eigenvalue weighted by atomic mass is 10.2. The first-order valence-electron chi connectivity index (χ1n) is 10.2. The fourth-order valence-corrected chi connectivity index (χ4v) is 3.58. The van der Waals surface area contributed by atoms with Crippen molar-refractivity contribution in [3.05, 3.63) is 69.5 Å². The van der Waals surface area contributed by atoms with Crippen LogP contribution in [0.3, 0.4) is 0 Å².